The molecule has 0 amide bonds. The molecule has 0 saturated carbocycles. The van der Waals surface area contributed by atoms with Crippen LogP contribution in [0, 0.1) is 5.82 Å². The van der Waals surface area contributed by atoms with Crippen molar-refractivity contribution in [3.63, 3.8) is 0 Å². The number of hydrogen-bond acceptors (Lipinski definition) is 5. The molecule has 1 aromatic heterocycles. The molecule has 2 aromatic rings. The van der Waals surface area contributed by atoms with Gasteiger partial charge in [-0.1, -0.05) is 0 Å². The molecule has 3 rings (SSSR count). The van der Waals surface area contributed by atoms with Crippen LogP contribution >= 0.6 is 11.3 Å². The van der Waals surface area contributed by atoms with E-state index in [0.717, 1.165) is 49.2 Å². The van der Waals surface area contributed by atoms with Crippen LogP contribution in [0.5, 0.6) is 0 Å². The third-order valence-corrected chi connectivity index (χ3v) is 5.15. The van der Waals surface area contributed by atoms with Crippen molar-refractivity contribution in [1.29, 1.82) is 0 Å². The summed E-state index contributed by atoms with van der Waals surface area (Å²) in [7, 11) is 1.74. The lowest BCUT2D eigenvalue weighted by Crippen LogP contribution is -2.52. The third-order valence-electron chi connectivity index (χ3n) is 4.25. The van der Waals surface area contributed by atoms with Crippen molar-refractivity contribution in [3.8, 4) is 11.3 Å². The average Bonchev–Trinajstić information content (AvgIpc) is 3.04. The third kappa shape index (κ3) is 3.88. The molecule has 1 fully saturated rings. The van der Waals surface area contributed by atoms with Gasteiger partial charge >= 0.3 is 0 Å². The number of halogens is 1. The molecule has 0 aliphatic carbocycles. The first-order valence-electron chi connectivity index (χ1n) is 7.87. The number of piperazine rings is 1. The van der Waals surface area contributed by atoms with Crippen LogP contribution in [-0.4, -0.2) is 55.8 Å². The van der Waals surface area contributed by atoms with Gasteiger partial charge in [0.2, 0.25) is 0 Å². The summed E-state index contributed by atoms with van der Waals surface area (Å²) in [6, 6.07) is 6.99. The molecule has 0 N–H and O–H groups in total. The number of ether oxygens (including phenoxy) is 1. The van der Waals surface area contributed by atoms with Crippen LogP contribution in [0.15, 0.2) is 29.6 Å². The zero-order valence-electron chi connectivity index (χ0n) is 13.5. The van der Waals surface area contributed by atoms with E-state index in [1.54, 1.807) is 30.6 Å². The van der Waals surface area contributed by atoms with Crippen molar-refractivity contribution in [2.24, 2.45) is 0 Å². The van der Waals surface area contributed by atoms with Gasteiger partial charge in [-0.3, -0.25) is 4.90 Å². The van der Waals surface area contributed by atoms with Gasteiger partial charge < -0.3 is 9.64 Å². The highest BCUT2D eigenvalue weighted by Crippen LogP contribution is 2.29. The largest absolute Gasteiger partial charge is 0.383 e. The lowest BCUT2D eigenvalue weighted by atomic mass is 10.2. The summed E-state index contributed by atoms with van der Waals surface area (Å²) in [4.78, 5) is 9.53. The minimum absolute atomic E-state index is 0.217. The van der Waals surface area contributed by atoms with Crippen LogP contribution < -0.4 is 4.90 Å². The predicted octanol–water partition coefficient (Wildman–Crippen LogP) is 3.11. The highest BCUT2D eigenvalue weighted by molar-refractivity contribution is 7.14. The maximum atomic E-state index is 13.0. The molecule has 2 heterocycles. The Labute approximate surface area is 140 Å². The summed E-state index contributed by atoms with van der Waals surface area (Å²) in [5.41, 5.74) is 1.88. The Morgan fingerprint density at radius 2 is 2.09 bits per heavy atom. The molecule has 1 unspecified atom stereocenters. The molecule has 4 nitrogen and oxygen atoms in total. The second kappa shape index (κ2) is 7.38. The molecule has 1 aliphatic heterocycles. The van der Waals surface area contributed by atoms with Gasteiger partial charge in [-0.2, -0.15) is 0 Å². The van der Waals surface area contributed by atoms with Crippen LogP contribution in [-0.2, 0) is 4.74 Å². The van der Waals surface area contributed by atoms with E-state index < -0.39 is 0 Å². The zero-order chi connectivity index (χ0) is 16.2. The first kappa shape index (κ1) is 16.4. The van der Waals surface area contributed by atoms with Crippen LogP contribution in [0.2, 0.25) is 0 Å². The highest BCUT2D eigenvalue weighted by Gasteiger charge is 2.25. The smallest absolute Gasteiger partial charge is 0.185 e. The summed E-state index contributed by atoms with van der Waals surface area (Å²) >= 11 is 1.65. The first-order valence-corrected chi connectivity index (χ1v) is 8.74. The molecule has 0 bridgehead atoms. The number of benzene rings is 1. The van der Waals surface area contributed by atoms with Gasteiger partial charge in [0.15, 0.2) is 5.13 Å². The van der Waals surface area contributed by atoms with E-state index in [1.165, 1.54) is 12.1 Å². The number of anilines is 1. The van der Waals surface area contributed by atoms with E-state index in [-0.39, 0.29) is 5.82 Å². The van der Waals surface area contributed by atoms with Gasteiger partial charge in [0.25, 0.3) is 0 Å². The molecule has 0 spiro atoms. The summed E-state index contributed by atoms with van der Waals surface area (Å²) in [5, 5.41) is 3.09. The maximum Gasteiger partial charge on any atom is 0.185 e. The van der Waals surface area contributed by atoms with E-state index in [1.807, 2.05) is 5.38 Å². The Kier molecular flexibility index (Phi) is 5.25. The fourth-order valence-corrected chi connectivity index (χ4v) is 3.74. The zero-order valence-corrected chi connectivity index (χ0v) is 14.4. The number of methoxy groups -OCH3 is 1. The lowest BCUT2D eigenvalue weighted by Gasteiger charge is -2.39. The second-order valence-corrected chi connectivity index (χ2v) is 6.68. The number of nitrogens with zero attached hydrogens (tertiary/aromatic N) is 3. The fraction of sp³-hybridized carbons (Fsp3) is 0.471. The topological polar surface area (TPSA) is 28.6 Å². The fourth-order valence-electron chi connectivity index (χ4n) is 2.87. The Morgan fingerprint density at radius 1 is 1.30 bits per heavy atom. The molecule has 1 saturated heterocycles. The van der Waals surface area contributed by atoms with E-state index in [0.29, 0.717) is 6.04 Å². The van der Waals surface area contributed by atoms with Crippen LogP contribution in [0.3, 0.4) is 0 Å². The normalized spacial score (nSPS) is 19.3. The van der Waals surface area contributed by atoms with E-state index >= 15 is 0 Å². The molecule has 0 radical (unpaired) electrons. The Bertz CT molecular complexity index is 631. The maximum absolute atomic E-state index is 13.0. The van der Waals surface area contributed by atoms with Crippen molar-refractivity contribution >= 4 is 16.5 Å². The number of aromatic nitrogens is 1. The van der Waals surface area contributed by atoms with Crippen LogP contribution in [0.4, 0.5) is 9.52 Å². The van der Waals surface area contributed by atoms with Crippen molar-refractivity contribution in [2.45, 2.75) is 13.0 Å². The molecule has 124 valence electrons. The minimum Gasteiger partial charge on any atom is -0.383 e. The Hall–Kier alpha value is -1.50. The summed E-state index contributed by atoms with van der Waals surface area (Å²) < 4.78 is 18.2. The number of rotatable bonds is 5. The molecule has 6 heteroatoms. The molecule has 23 heavy (non-hydrogen) atoms. The molecule has 1 aliphatic rings. The highest BCUT2D eigenvalue weighted by atomic mass is 32.1. The lowest BCUT2D eigenvalue weighted by molar-refractivity contribution is 0.117. The summed E-state index contributed by atoms with van der Waals surface area (Å²) in [5.74, 6) is -0.217. The van der Waals surface area contributed by atoms with Crippen LogP contribution in [0.25, 0.3) is 11.3 Å². The van der Waals surface area contributed by atoms with Crippen molar-refractivity contribution in [2.75, 3.05) is 44.8 Å². The predicted molar refractivity (Wildman–Crippen MR) is 92.6 cm³/mol. The molecule has 1 aromatic carbocycles. The van der Waals surface area contributed by atoms with Crippen molar-refractivity contribution in [1.82, 2.24) is 9.88 Å². The van der Waals surface area contributed by atoms with Gasteiger partial charge in [0.05, 0.1) is 12.3 Å². The van der Waals surface area contributed by atoms with Gasteiger partial charge in [-0.15, -0.1) is 11.3 Å². The van der Waals surface area contributed by atoms with Gasteiger partial charge in [-0.05, 0) is 31.2 Å². The average molecular weight is 335 g/mol. The van der Waals surface area contributed by atoms with Crippen molar-refractivity contribution in [3.05, 3.63) is 35.5 Å². The Balaban J connectivity index is 1.66. The minimum atomic E-state index is -0.217. The standard InChI is InChI=1S/C17H22FN3OS/c1-13-11-21(8-7-20(13)9-10-22-2)17-19-16(12-23-17)14-3-5-15(18)6-4-14/h3-6,12-13H,7-11H2,1-2H3. The first-order chi connectivity index (χ1) is 11.2. The SMILES string of the molecule is COCCN1CCN(c2nc(-c3ccc(F)cc3)cs2)CC1C. The van der Waals surface area contributed by atoms with E-state index in [4.69, 9.17) is 9.72 Å². The van der Waals surface area contributed by atoms with Crippen molar-refractivity contribution < 1.29 is 9.13 Å². The van der Waals surface area contributed by atoms with E-state index in [2.05, 4.69) is 16.7 Å². The van der Waals surface area contributed by atoms with Gasteiger partial charge in [0, 0.05) is 50.3 Å². The number of hydrogen-bond donors (Lipinski definition) is 0. The Morgan fingerprint density at radius 3 is 2.78 bits per heavy atom. The monoisotopic (exact) mass is 335 g/mol. The van der Waals surface area contributed by atoms with E-state index in [9.17, 15) is 4.39 Å². The molecular weight excluding hydrogens is 313 g/mol. The second-order valence-electron chi connectivity index (χ2n) is 5.85. The molecule has 1 atom stereocenters. The molecular formula is C17H22FN3OS. The number of thiazole rings is 1. The van der Waals surface area contributed by atoms with Gasteiger partial charge in [-0.25, -0.2) is 9.37 Å². The van der Waals surface area contributed by atoms with Crippen LogP contribution in [0.1, 0.15) is 6.92 Å². The summed E-state index contributed by atoms with van der Waals surface area (Å²) in [6.07, 6.45) is 0. The summed E-state index contributed by atoms with van der Waals surface area (Å²) in [6.45, 7) is 6.97. The quantitative estimate of drug-likeness (QED) is 0.839. The van der Waals surface area contributed by atoms with Gasteiger partial charge in [0.1, 0.15) is 5.82 Å².